The van der Waals surface area contributed by atoms with Gasteiger partial charge in [-0.3, -0.25) is 4.90 Å². The summed E-state index contributed by atoms with van der Waals surface area (Å²) in [6, 6.07) is 3.35. The molecule has 1 aromatic carbocycles. The van der Waals surface area contributed by atoms with Gasteiger partial charge in [0, 0.05) is 26.2 Å². The molecule has 1 aromatic rings. The van der Waals surface area contributed by atoms with Gasteiger partial charge in [-0.25, -0.2) is 9.18 Å². The Bertz CT molecular complexity index is 538. The number of carbonyl (C=O) groups is 1. The lowest BCUT2D eigenvalue weighted by atomic mass is 9.91. The molecule has 2 aliphatic rings. The number of nitrogens with zero attached hydrogens (tertiary/aromatic N) is 2. The molecule has 6 heteroatoms. The van der Waals surface area contributed by atoms with Gasteiger partial charge in [-0.05, 0) is 45.6 Å². The zero-order chi connectivity index (χ0) is 13.6. The third-order valence-electron chi connectivity index (χ3n) is 3.97. The molecule has 1 atom stereocenters. The molecule has 0 spiro atoms. The molecule has 2 heterocycles. The molecule has 2 aliphatic heterocycles. The number of hydrogen-bond donors (Lipinski definition) is 1. The number of benzene rings is 1. The molecular weight excluding hydrogens is 315 g/mol. The highest BCUT2D eigenvalue weighted by atomic mass is 79.9. The van der Waals surface area contributed by atoms with Crippen molar-refractivity contribution >= 4 is 22.0 Å². The number of carboxylic acid groups (broad SMARTS) is 1. The van der Waals surface area contributed by atoms with Crippen LogP contribution in [0.2, 0.25) is 0 Å². The van der Waals surface area contributed by atoms with Crippen molar-refractivity contribution in [2.75, 3.05) is 26.2 Å². The lowest BCUT2D eigenvalue weighted by molar-refractivity contribution is 0.0632. The molecule has 0 aliphatic carbocycles. The molecule has 0 unspecified atom stereocenters. The summed E-state index contributed by atoms with van der Waals surface area (Å²) in [7, 11) is 0. The van der Waals surface area contributed by atoms with E-state index in [2.05, 4.69) is 20.8 Å². The van der Waals surface area contributed by atoms with Gasteiger partial charge in [-0.1, -0.05) is 0 Å². The minimum absolute atomic E-state index is 0.0174. The number of rotatable bonds is 0. The molecule has 0 saturated carbocycles. The molecule has 102 valence electrons. The normalized spacial score (nSPS) is 22.8. The molecule has 1 amide bonds. The molecule has 1 saturated heterocycles. The smallest absolute Gasteiger partial charge is 0.407 e. The van der Waals surface area contributed by atoms with Crippen molar-refractivity contribution in [3.63, 3.8) is 0 Å². The van der Waals surface area contributed by atoms with Gasteiger partial charge in [-0.15, -0.1) is 0 Å². The van der Waals surface area contributed by atoms with Crippen molar-refractivity contribution in [1.29, 1.82) is 0 Å². The maximum atomic E-state index is 13.7. The first kappa shape index (κ1) is 12.9. The van der Waals surface area contributed by atoms with Crippen LogP contribution in [0, 0.1) is 5.82 Å². The average molecular weight is 329 g/mol. The van der Waals surface area contributed by atoms with E-state index in [1.165, 1.54) is 4.90 Å². The molecule has 4 nitrogen and oxygen atoms in total. The molecule has 19 heavy (non-hydrogen) atoms. The second-order valence-electron chi connectivity index (χ2n) is 5.00. The monoisotopic (exact) mass is 328 g/mol. The predicted octanol–water partition coefficient (Wildman–Crippen LogP) is 2.48. The van der Waals surface area contributed by atoms with Crippen LogP contribution in [0.3, 0.4) is 0 Å². The summed E-state index contributed by atoms with van der Waals surface area (Å²) >= 11 is 3.20. The molecular formula is C13H14BrFN2O2. The number of hydrogen-bond acceptors (Lipinski definition) is 2. The SMILES string of the molecule is O=C(O)N1CCN2CCc3cc(Br)c(F)cc3[C@@H]2C1. The van der Waals surface area contributed by atoms with Crippen molar-refractivity contribution < 1.29 is 14.3 Å². The zero-order valence-corrected chi connectivity index (χ0v) is 11.9. The Balaban J connectivity index is 1.96. The Morgan fingerprint density at radius 2 is 2.16 bits per heavy atom. The van der Waals surface area contributed by atoms with Gasteiger partial charge >= 0.3 is 6.09 Å². The first-order chi connectivity index (χ1) is 9.06. The lowest BCUT2D eigenvalue weighted by Gasteiger charge is -2.44. The van der Waals surface area contributed by atoms with E-state index < -0.39 is 6.09 Å². The fraction of sp³-hybridized carbons (Fsp3) is 0.462. The molecule has 0 aromatic heterocycles. The highest BCUT2D eigenvalue weighted by Gasteiger charge is 2.34. The van der Waals surface area contributed by atoms with E-state index >= 15 is 0 Å². The summed E-state index contributed by atoms with van der Waals surface area (Å²) in [5, 5.41) is 9.10. The molecule has 1 N–H and O–H groups in total. The van der Waals surface area contributed by atoms with E-state index in [1.807, 2.05) is 6.07 Å². The quantitative estimate of drug-likeness (QED) is 0.795. The fourth-order valence-electron chi connectivity index (χ4n) is 2.95. The van der Waals surface area contributed by atoms with Gasteiger partial charge in [0.25, 0.3) is 0 Å². The first-order valence-corrected chi connectivity index (χ1v) is 7.05. The molecule has 0 bridgehead atoms. The minimum Gasteiger partial charge on any atom is -0.465 e. The van der Waals surface area contributed by atoms with E-state index in [1.54, 1.807) is 6.07 Å². The molecule has 0 radical (unpaired) electrons. The van der Waals surface area contributed by atoms with Crippen molar-refractivity contribution in [3.05, 3.63) is 33.5 Å². The van der Waals surface area contributed by atoms with Gasteiger partial charge in [-0.2, -0.15) is 0 Å². The Labute approximate surface area is 118 Å². The van der Waals surface area contributed by atoms with E-state index in [0.717, 1.165) is 24.1 Å². The summed E-state index contributed by atoms with van der Waals surface area (Å²) in [6.07, 6.45) is -0.0121. The summed E-state index contributed by atoms with van der Waals surface area (Å²) < 4.78 is 14.2. The van der Waals surface area contributed by atoms with Crippen LogP contribution >= 0.6 is 15.9 Å². The van der Waals surface area contributed by atoms with Crippen LogP contribution in [0.1, 0.15) is 17.2 Å². The van der Waals surface area contributed by atoms with Gasteiger partial charge in [0.2, 0.25) is 0 Å². The fourth-order valence-corrected chi connectivity index (χ4v) is 3.34. The van der Waals surface area contributed by atoms with Gasteiger partial charge in [0.15, 0.2) is 0 Å². The Morgan fingerprint density at radius 1 is 1.37 bits per heavy atom. The summed E-state index contributed by atoms with van der Waals surface area (Å²) in [6.45, 7) is 2.57. The van der Waals surface area contributed by atoms with Crippen LogP contribution in [-0.4, -0.2) is 47.2 Å². The van der Waals surface area contributed by atoms with Crippen LogP contribution in [0.5, 0.6) is 0 Å². The van der Waals surface area contributed by atoms with E-state index in [4.69, 9.17) is 5.11 Å². The van der Waals surface area contributed by atoms with Gasteiger partial charge < -0.3 is 10.0 Å². The van der Waals surface area contributed by atoms with Crippen molar-refractivity contribution in [2.24, 2.45) is 0 Å². The van der Waals surface area contributed by atoms with Crippen LogP contribution in [0.25, 0.3) is 0 Å². The number of amides is 1. The number of fused-ring (bicyclic) bond motifs is 3. The minimum atomic E-state index is -0.899. The van der Waals surface area contributed by atoms with Crippen LogP contribution in [0.4, 0.5) is 9.18 Å². The van der Waals surface area contributed by atoms with Crippen molar-refractivity contribution in [2.45, 2.75) is 12.5 Å². The second-order valence-corrected chi connectivity index (χ2v) is 5.85. The zero-order valence-electron chi connectivity index (χ0n) is 10.3. The largest absolute Gasteiger partial charge is 0.465 e. The third-order valence-corrected chi connectivity index (χ3v) is 4.58. The third kappa shape index (κ3) is 2.23. The predicted molar refractivity (Wildman–Crippen MR) is 71.7 cm³/mol. The summed E-state index contributed by atoms with van der Waals surface area (Å²) in [5.74, 6) is -0.284. The maximum absolute atomic E-state index is 13.7. The number of halogens is 2. The Morgan fingerprint density at radius 3 is 2.89 bits per heavy atom. The summed E-state index contributed by atoms with van der Waals surface area (Å²) in [5.41, 5.74) is 2.04. The van der Waals surface area contributed by atoms with Crippen LogP contribution in [-0.2, 0) is 6.42 Å². The highest BCUT2D eigenvalue weighted by Crippen LogP contribution is 2.35. The Hall–Kier alpha value is -1.14. The lowest BCUT2D eigenvalue weighted by Crippen LogP contribution is -2.52. The molecule has 1 fully saturated rings. The molecule has 3 rings (SSSR count). The number of piperazine rings is 1. The topological polar surface area (TPSA) is 43.8 Å². The highest BCUT2D eigenvalue weighted by molar-refractivity contribution is 9.10. The van der Waals surface area contributed by atoms with Crippen LogP contribution in [0.15, 0.2) is 16.6 Å². The summed E-state index contributed by atoms with van der Waals surface area (Å²) in [4.78, 5) is 14.7. The van der Waals surface area contributed by atoms with E-state index in [-0.39, 0.29) is 11.9 Å². The van der Waals surface area contributed by atoms with E-state index in [0.29, 0.717) is 24.1 Å². The first-order valence-electron chi connectivity index (χ1n) is 6.26. The Kier molecular flexibility index (Phi) is 3.22. The van der Waals surface area contributed by atoms with Crippen LogP contribution < -0.4 is 0 Å². The van der Waals surface area contributed by atoms with Gasteiger partial charge in [0.1, 0.15) is 5.82 Å². The van der Waals surface area contributed by atoms with Gasteiger partial charge in [0.05, 0.1) is 10.5 Å². The maximum Gasteiger partial charge on any atom is 0.407 e. The standard InChI is InChI=1S/C13H14BrFN2O2/c14-10-5-8-1-2-16-3-4-17(13(18)19)7-12(16)9(8)6-11(10)15/h5-6,12H,1-4,7H2,(H,18,19)/t12-/m0/s1. The van der Waals surface area contributed by atoms with E-state index in [9.17, 15) is 9.18 Å². The van der Waals surface area contributed by atoms with Crippen molar-refractivity contribution in [1.82, 2.24) is 9.80 Å². The second kappa shape index (κ2) is 4.76. The van der Waals surface area contributed by atoms with Crippen molar-refractivity contribution in [3.8, 4) is 0 Å². The average Bonchev–Trinajstić information content (AvgIpc) is 2.39.